The van der Waals surface area contributed by atoms with Crippen molar-refractivity contribution >= 4 is 22.0 Å². The molecule has 0 spiro atoms. The van der Waals surface area contributed by atoms with Crippen LogP contribution in [0, 0.1) is 0 Å². The van der Waals surface area contributed by atoms with Crippen LogP contribution in [0.1, 0.15) is 62.5 Å². The van der Waals surface area contributed by atoms with Crippen molar-refractivity contribution in [2.75, 3.05) is 37.8 Å². The maximum absolute atomic E-state index is 14.2. The zero-order chi connectivity index (χ0) is 30.5. The van der Waals surface area contributed by atoms with Crippen molar-refractivity contribution in [2.45, 2.75) is 57.5 Å². The molecule has 0 bridgehead atoms. The topological polar surface area (TPSA) is 103 Å². The van der Waals surface area contributed by atoms with E-state index in [0.717, 1.165) is 43.2 Å². The van der Waals surface area contributed by atoms with E-state index in [2.05, 4.69) is 4.72 Å². The Bertz CT molecular complexity index is 1340. The molecule has 43 heavy (non-hydrogen) atoms. The first kappa shape index (κ1) is 32.3. The zero-order valence-electron chi connectivity index (χ0n) is 24.9. The molecule has 232 valence electrons. The van der Waals surface area contributed by atoms with E-state index in [0.29, 0.717) is 10.7 Å². The number of amides is 1. The number of carbonyl (C=O) groups excluding carboxylic acids is 1. The number of carbonyl (C=O) groups is 1. The highest BCUT2D eigenvalue weighted by atomic mass is 32.2. The first-order chi connectivity index (χ1) is 20.9. The van der Waals surface area contributed by atoms with Crippen LogP contribution in [-0.2, 0) is 19.7 Å². The Morgan fingerprint density at radius 1 is 0.860 bits per heavy atom. The van der Waals surface area contributed by atoms with E-state index in [1.165, 1.54) is 0 Å². The Morgan fingerprint density at radius 3 is 2.09 bits per heavy atom. The number of rotatable bonds is 15. The molecule has 0 aromatic heterocycles. The number of nitrogens with one attached hydrogen (secondary N) is 1. The summed E-state index contributed by atoms with van der Waals surface area (Å²) >= 11 is 0. The normalized spacial score (nSPS) is 13.9. The number of para-hydroxylation sites is 1. The molecule has 0 heterocycles. The molecule has 1 fully saturated rings. The first-order valence-electron chi connectivity index (χ1n) is 14.9. The minimum Gasteiger partial charge on any atom is -0.489 e. The molecular formula is C33H42N2O7S. The van der Waals surface area contributed by atoms with Gasteiger partial charge < -0.3 is 18.9 Å². The molecule has 3 aromatic rings. The fraction of sp³-hybridized carbons (Fsp3) is 0.424. The van der Waals surface area contributed by atoms with Gasteiger partial charge in [0.25, 0.3) is 0 Å². The Labute approximate surface area is 255 Å². The smallest absolute Gasteiger partial charge is 0.429 e. The van der Waals surface area contributed by atoms with Crippen molar-refractivity contribution in [2.24, 2.45) is 0 Å². The second kappa shape index (κ2) is 16.3. The van der Waals surface area contributed by atoms with Crippen molar-refractivity contribution in [3.8, 4) is 11.5 Å². The predicted molar refractivity (Wildman–Crippen MR) is 167 cm³/mol. The van der Waals surface area contributed by atoms with Crippen molar-refractivity contribution in [1.29, 1.82) is 0 Å². The third-order valence-corrected chi connectivity index (χ3v) is 8.61. The van der Waals surface area contributed by atoms with Gasteiger partial charge in [-0.1, -0.05) is 80.1 Å². The highest BCUT2D eigenvalue weighted by Gasteiger charge is 2.37. The van der Waals surface area contributed by atoms with E-state index >= 15 is 0 Å². The summed E-state index contributed by atoms with van der Waals surface area (Å²) in [5.74, 6) is 0.104. The molecule has 9 nitrogen and oxygen atoms in total. The third-order valence-electron chi connectivity index (χ3n) is 7.27. The van der Waals surface area contributed by atoms with Crippen molar-refractivity contribution < 1.29 is 32.2 Å². The van der Waals surface area contributed by atoms with E-state index < -0.39 is 16.3 Å². The van der Waals surface area contributed by atoms with Crippen LogP contribution >= 0.6 is 0 Å². The van der Waals surface area contributed by atoms with Gasteiger partial charge in [0.05, 0.1) is 19.3 Å². The van der Waals surface area contributed by atoms with Crippen molar-refractivity contribution in [3.63, 3.8) is 0 Å². The first-order valence-corrected chi connectivity index (χ1v) is 16.4. The molecule has 0 saturated heterocycles. The number of ether oxygens (including phenoxy) is 4. The molecule has 0 atom stereocenters. The monoisotopic (exact) mass is 610 g/mol. The van der Waals surface area contributed by atoms with Crippen LogP contribution in [0.3, 0.4) is 0 Å². The Morgan fingerprint density at radius 2 is 1.49 bits per heavy atom. The van der Waals surface area contributed by atoms with E-state index in [9.17, 15) is 13.2 Å². The maximum Gasteiger partial charge on any atom is 0.429 e. The van der Waals surface area contributed by atoms with Crippen LogP contribution in [0.25, 0.3) is 0 Å². The molecule has 1 aliphatic rings. The van der Waals surface area contributed by atoms with Crippen LogP contribution in [0.2, 0.25) is 0 Å². The highest BCUT2D eigenvalue weighted by Crippen LogP contribution is 2.41. The third kappa shape index (κ3) is 8.95. The molecular weight excluding hydrogens is 568 g/mol. The molecule has 1 aliphatic carbocycles. The van der Waals surface area contributed by atoms with Gasteiger partial charge in [0, 0.05) is 19.6 Å². The average Bonchev–Trinajstić information content (AvgIpc) is 3.03. The van der Waals surface area contributed by atoms with E-state index in [-0.39, 0.29) is 55.6 Å². The summed E-state index contributed by atoms with van der Waals surface area (Å²) in [6, 6.07) is 24.3. The lowest BCUT2D eigenvalue weighted by Gasteiger charge is -2.29. The van der Waals surface area contributed by atoms with Gasteiger partial charge in [-0.3, -0.25) is 0 Å². The number of benzene rings is 3. The van der Waals surface area contributed by atoms with E-state index in [1.807, 2.05) is 67.6 Å². The van der Waals surface area contributed by atoms with Crippen LogP contribution in [0.4, 0.5) is 10.5 Å². The predicted octanol–water partition coefficient (Wildman–Crippen LogP) is 6.44. The summed E-state index contributed by atoms with van der Waals surface area (Å²) in [6.45, 7) is 2.31. The minimum absolute atomic E-state index is 0.000563. The number of hydrogen-bond acceptors (Lipinski definition) is 7. The van der Waals surface area contributed by atoms with Gasteiger partial charge in [-0.05, 0) is 55.4 Å². The van der Waals surface area contributed by atoms with Gasteiger partial charge in [0.1, 0.15) is 23.8 Å². The molecule has 1 saturated carbocycles. The SMILES string of the molecule is CCCOC(=O)N(c1c(OCCOC)cccc1OC1CCCCC1)S(=O)(=O)NCC(c1ccccc1)c1ccccc1. The molecule has 0 aliphatic heterocycles. The van der Waals surface area contributed by atoms with Crippen LogP contribution in [0.15, 0.2) is 78.9 Å². The summed E-state index contributed by atoms with van der Waals surface area (Å²) in [7, 11) is -2.97. The highest BCUT2D eigenvalue weighted by molar-refractivity contribution is 7.91. The standard InChI is InChI=1S/C33H42N2O7S/c1-3-22-41-33(36)35(32-30(40-24-23-39-2)20-13-21-31(32)42-28-18-11-6-12-19-28)43(37,38)34-25-29(26-14-7-4-8-15-26)27-16-9-5-10-17-27/h4-5,7-10,13-17,20-21,28-29,34H,3,6,11-12,18-19,22-25H2,1-2H3. The van der Waals surface area contributed by atoms with Gasteiger partial charge in [0.2, 0.25) is 0 Å². The maximum atomic E-state index is 14.2. The summed E-state index contributed by atoms with van der Waals surface area (Å²) in [6.07, 6.45) is 4.23. The van der Waals surface area contributed by atoms with Gasteiger partial charge in [-0.15, -0.1) is 0 Å². The fourth-order valence-electron chi connectivity index (χ4n) is 5.12. The van der Waals surface area contributed by atoms with Gasteiger partial charge >= 0.3 is 16.3 Å². The van der Waals surface area contributed by atoms with E-state index in [4.69, 9.17) is 18.9 Å². The van der Waals surface area contributed by atoms with Crippen LogP contribution in [-0.4, -0.2) is 54.1 Å². The summed E-state index contributed by atoms with van der Waals surface area (Å²) in [4.78, 5) is 13.6. The Kier molecular flexibility index (Phi) is 12.3. The Balaban J connectivity index is 1.74. The van der Waals surface area contributed by atoms with Gasteiger partial charge in [0.15, 0.2) is 0 Å². The largest absolute Gasteiger partial charge is 0.489 e. The van der Waals surface area contributed by atoms with Gasteiger partial charge in [-0.25, -0.2) is 4.79 Å². The zero-order valence-corrected chi connectivity index (χ0v) is 25.8. The van der Waals surface area contributed by atoms with Crippen LogP contribution in [0.5, 0.6) is 11.5 Å². The van der Waals surface area contributed by atoms with Crippen molar-refractivity contribution in [1.82, 2.24) is 4.72 Å². The number of methoxy groups -OCH3 is 1. The molecule has 0 unspecified atom stereocenters. The number of nitrogens with zero attached hydrogens (tertiary/aromatic N) is 1. The summed E-state index contributed by atoms with van der Waals surface area (Å²) < 4.78 is 54.7. The number of anilines is 1. The van der Waals surface area contributed by atoms with Gasteiger partial charge in [-0.2, -0.15) is 17.4 Å². The lowest BCUT2D eigenvalue weighted by Crippen LogP contribution is -2.46. The van der Waals surface area contributed by atoms with E-state index in [1.54, 1.807) is 25.3 Å². The lowest BCUT2D eigenvalue weighted by molar-refractivity contribution is 0.142. The fourth-order valence-corrected chi connectivity index (χ4v) is 6.30. The molecule has 1 N–H and O–H groups in total. The molecule has 3 aromatic carbocycles. The number of hydrogen-bond donors (Lipinski definition) is 1. The second-order valence-electron chi connectivity index (χ2n) is 10.4. The van der Waals surface area contributed by atoms with Crippen molar-refractivity contribution in [3.05, 3.63) is 90.0 Å². The minimum atomic E-state index is -4.52. The molecule has 0 radical (unpaired) electrons. The summed E-state index contributed by atoms with van der Waals surface area (Å²) in [5, 5.41) is 0. The average molecular weight is 611 g/mol. The molecule has 10 heteroatoms. The summed E-state index contributed by atoms with van der Waals surface area (Å²) in [5.41, 5.74) is 1.84. The lowest BCUT2D eigenvalue weighted by atomic mass is 9.92. The molecule has 1 amide bonds. The molecule has 4 rings (SSSR count). The second-order valence-corrected chi connectivity index (χ2v) is 12.0. The van der Waals surface area contributed by atoms with Crippen LogP contribution < -0.4 is 18.5 Å². The quantitative estimate of drug-likeness (QED) is 0.198. The Hall–Kier alpha value is -3.60.